The number of hydrogen-bond acceptors (Lipinski definition) is 4. The van der Waals surface area contributed by atoms with Gasteiger partial charge in [-0.05, 0) is 37.7 Å². The monoisotopic (exact) mass is 262 g/mol. The number of nitrogens with one attached hydrogen (secondary N) is 1. The predicted octanol–water partition coefficient (Wildman–Crippen LogP) is 1.70. The summed E-state index contributed by atoms with van der Waals surface area (Å²) in [4.78, 5) is 14.5. The fourth-order valence-electron chi connectivity index (χ4n) is 2.38. The van der Waals surface area contributed by atoms with Crippen LogP contribution in [-0.2, 0) is 4.74 Å². The number of anilines is 1. The van der Waals surface area contributed by atoms with E-state index in [1.807, 2.05) is 38.2 Å². The molecular weight excluding hydrogens is 240 g/mol. The summed E-state index contributed by atoms with van der Waals surface area (Å²) in [7, 11) is 1.83. The minimum absolute atomic E-state index is 0.0887. The molecule has 1 heterocycles. The number of ether oxygens (including phenoxy) is 1. The normalized spacial score (nSPS) is 17.3. The summed E-state index contributed by atoms with van der Waals surface area (Å²) in [6.07, 6.45) is 0.806. The van der Waals surface area contributed by atoms with E-state index in [0.717, 1.165) is 44.0 Å². The molecule has 0 bridgehead atoms. The molecule has 0 amide bonds. The van der Waals surface area contributed by atoms with Crippen molar-refractivity contribution in [3.05, 3.63) is 29.8 Å². The summed E-state index contributed by atoms with van der Waals surface area (Å²) < 4.78 is 5.34. The first-order valence-electron chi connectivity index (χ1n) is 6.90. The lowest BCUT2D eigenvalue weighted by Gasteiger charge is -2.29. The summed E-state index contributed by atoms with van der Waals surface area (Å²) in [6.45, 7) is 5.40. The molecule has 19 heavy (non-hydrogen) atoms. The fraction of sp³-hybridized carbons (Fsp3) is 0.533. The van der Waals surface area contributed by atoms with Crippen molar-refractivity contribution >= 4 is 11.5 Å². The SMILES string of the molecule is CCC(NC)C(=O)c1ccc(N2CCOCC2)cc1. The lowest BCUT2D eigenvalue weighted by atomic mass is 10.0. The molecule has 1 aromatic rings. The fourth-order valence-corrected chi connectivity index (χ4v) is 2.38. The average molecular weight is 262 g/mol. The van der Waals surface area contributed by atoms with Crippen LogP contribution in [0.3, 0.4) is 0 Å². The molecule has 0 spiro atoms. The lowest BCUT2D eigenvalue weighted by molar-refractivity contribution is 0.0945. The molecule has 0 aromatic heterocycles. The smallest absolute Gasteiger partial charge is 0.179 e. The van der Waals surface area contributed by atoms with Crippen LogP contribution in [0.4, 0.5) is 5.69 Å². The summed E-state index contributed by atoms with van der Waals surface area (Å²) in [5.41, 5.74) is 1.94. The van der Waals surface area contributed by atoms with Crippen molar-refractivity contribution in [3.63, 3.8) is 0 Å². The maximum atomic E-state index is 12.2. The second kappa shape index (κ2) is 6.68. The number of morpholine rings is 1. The lowest BCUT2D eigenvalue weighted by Crippen LogP contribution is -2.36. The van der Waals surface area contributed by atoms with Crippen LogP contribution in [0.2, 0.25) is 0 Å². The van der Waals surface area contributed by atoms with Crippen molar-refractivity contribution < 1.29 is 9.53 Å². The van der Waals surface area contributed by atoms with E-state index in [1.54, 1.807) is 0 Å². The van der Waals surface area contributed by atoms with Gasteiger partial charge in [-0.1, -0.05) is 6.92 Å². The highest BCUT2D eigenvalue weighted by Crippen LogP contribution is 2.17. The van der Waals surface area contributed by atoms with Crippen molar-refractivity contribution in [2.75, 3.05) is 38.3 Å². The van der Waals surface area contributed by atoms with Gasteiger partial charge in [0, 0.05) is 24.3 Å². The Labute approximate surface area is 114 Å². The average Bonchev–Trinajstić information content (AvgIpc) is 2.49. The number of carbonyl (C=O) groups excluding carboxylic acids is 1. The van der Waals surface area contributed by atoms with Crippen molar-refractivity contribution in [3.8, 4) is 0 Å². The van der Waals surface area contributed by atoms with Gasteiger partial charge in [-0.25, -0.2) is 0 Å². The molecule has 1 unspecified atom stereocenters. The Hall–Kier alpha value is -1.39. The third-order valence-electron chi connectivity index (χ3n) is 3.60. The number of carbonyl (C=O) groups is 1. The van der Waals surface area contributed by atoms with Crippen LogP contribution in [0.1, 0.15) is 23.7 Å². The Kier molecular flexibility index (Phi) is 4.93. The number of nitrogens with zero attached hydrogens (tertiary/aromatic N) is 1. The van der Waals surface area contributed by atoms with Crippen LogP contribution in [0.15, 0.2) is 24.3 Å². The third kappa shape index (κ3) is 3.33. The van der Waals surface area contributed by atoms with Crippen LogP contribution in [0, 0.1) is 0 Å². The van der Waals surface area contributed by atoms with Crippen molar-refractivity contribution in [1.82, 2.24) is 5.32 Å². The molecule has 4 heteroatoms. The molecule has 4 nitrogen and oxygen atoms in total. The first kappa shape index (κ1) is 14.0. The van der Waals surface area contributed by atoms with Crippen LogP contribution in [0.25, 0.3) is 0 Å². The molecule has 0 radical (unpaired) electrons. The van der Waals surface area contributed by atoms with E-state index in [-0.39, 0.29) is 11.8 Å². The summed E-state index contributed by atoms with van der Waals surface area (Å²) >= 11 is 0. The van der Waals surface area contributed by atoms with Gasteiger partial charge in [-0.2, -0.15) is 0 Å². The Morgan fingerprint density at radius 1 is 1.32 bits per heavy atom. The Balaban J connectivity index is 2.07. The van der Waals surface area contributed by atoms with Crippen LogP contribution < -0.4 is 10.2 Å². The van der Waals surface area contributed by atoms with Gasteiger partial charge in [-0.3, -0.25) is 4.79 Å². The minimum Gasteiger partial charge on any atom is -0.378 e. The number of likely N-dealkylation sites (N-methyl/N-ethyl adjacent to an activating group) is 1. The molecule has 1 saturated heterocycles. The number of benzene rings is 1. The van der Waals surface area contributed by atoms with E-state index in [9.17, 15) is 4.79 Å². The quantitative estimate of drug-likeness (QED) is 0.820. The van der Waals surface area contributed by atoms with Gasteiger partial charge in [-0.15, -0.1) is 0 Å². The van der Waals surface area contributed by atoms with E-state index in [0.29, 0.717) is 0 Å². The Bertz CT molecular complexity index is 407. The summed E-state index contributed by atoms with van der Waals surface area (Å²) in [5, 5.41) is 3.05. The number of ketones is 1. The molecule has 1 aliphatic heterocycles. The van der Waals surface area contributed by atoms with Crippen LogP contribution in [0.5, 0.6) is 0 Å². The van der Waals surface area contributed by atoms with Crippen molar-refractivity contribution in [1.29, 1.82) is 0 Å². The van der Waals surface area contributed by atoms with Gasteiger partial charge >= 0.3 is 0 Å². The summed E-state index contributed by atoms with van der Waals surface area (Å²) in [5.74, 6) is 0.165. The highest BCUT2D eigenvalue weighted by Gasteiger charge is 2.17. The van der Waals surface area contributed by atoms with Crippen molar-refractivity contribution in [2.45, 2.75) is 19.4 Å². The van der Waals surface area contributed by atoms with Gasteiger partial charge in [0.1, 0.15) is 0 Å². The van der Waals surface area contributed by atoms with E-state index in [2.05, 4.69) is 10.2 Å². The van der Waals surface area contributed by atoms with Crippen LogP contribution in [-0.4, -0.2) is 45.2 Å². The standard InChI is InChI=1S/C15H22N2O2/c1-3-14(16-2)15(18)12-4-6-13(7-5-12)17-8-10-19-11-9-17/h4-7,14,16H,3,8-11H2,1-2H3. The highest BCUT2D eigenvalue weighted by atomic mass is 16.5. The zero-order chi connectivity index (χ0) is 13.7. The number of Topliss-reactive ketones (excluding diaryl/α,β-unsaturated/α-hetero) is 1. The molecule has 1 fully saturated rings. The minimum atomic E-state index is -0.0887. The van der Waals surface area contributed by atoms with E-state index < -0.39 is 0 Å². The molecule has 1 aromatic carbocycles. The van der Waals surface area contributed by atoms with E-state index >= 15 is 0 Å². The van der Waals surface area contributed by atoms with Crippen molar-refractivity contribution in [2.24, 2.45) is 0 Å². The Morgan fingerprint density at radius 2 is 1.95 bits per heavy atom. The molecule has 0 aliphatic carbocycles. The van der Waals surface area contributed by atoms with Gasteiger partial charge in [0.05, 0.1) is 19.3 Å². The van der Waals surface area contributed by atoms with Gasteiger partial charge in [0.25, 0.3) is 0 Å². The zero-order valence-corrected chi connectivity index (χ0v) is 11.7. The molecule has 1 atom stereocenters. The highest BCUT2D eigenvalue weighted by molar-refractivity contribution is 6.00. The maximum absolute atomic E-state index is 12.2. The van der Waals surface area contributed by atoms with Gasteiger partial charge in [0.2, 0.25) is 0 Å². The Morgan fingerprint density at radius 3 is 2.47 bits per heavy atom. The summed E-state index contributed by atoms with van der Waals surface area (Å²) in [6, 6.07) is 7.82. The van der Waals surface area contributed by atoms with E-state index in [1.165, 1.54) is 0 Å². The second-order valence-corrected chi connectivity index (χ2v) is 4.76. The van der Waals surface area contributed by atoms with Crippen LogP contribution >= 0.6 is 0 Å². The zero-order valence-electron chi connectivity index (χ0n) is 11.7. The predicted molar refractivity (Wildman–Crippen MR) is 76.9 cm³/mol. The molecule has 1 aliphatic rings. The second-order valence-electron chi connectivity index (χ2n) is 4.76. The number of rotatable bonds is 5. The number of hydrogen-bond donors (Lipinski definition) is 1. The van der Waals surface area contributed by atoms with Gasteiger partial charge in [0.15, 0.2) is 5.78 Å². The largest absolute Gasteiger partial charge is 0.378 e. The molecule has 1 N–H and O–H groups in total. The topological polar surface area (TPSA) is 41.6 Å². The first-order chi connectivity index (χ1) is 9.26. The van der Waals surface area contributed by atoms with E-state index in [4.69, 9.17) is 4.74 Å². The molecule has 104 valence electrons. The maximum Gasteiger partial charge on any atom is 0.179 e. The van der Waals surface area contributed by atoms with Gasteiger partial charge < -0.3 is 15.0 Å². The first-order valence-corrected chi connectivity index (χ1v) is 6.90. The molecule has 0 saturated carbocycles. The molecule has 2 rings (SSSR count). The third-order valence-corrected chi connectivity index (χ3v) is 3.60. The molecular formula is C15H22N2O2.